The first-order valence-electron chi connectivity index (χ1n) is 8.83. The maximum absolute atomic E-state index is 12.3. The lowest BCUT2D eigenvalue weighted by Gasteiger charge is -2.24. The molecule has 26 heavy (non-hydrogen) atoms. The molecule has 1 atom stereocenters. The number of carbonyl (C=O) groups excluding carboxylic acids is 2. The van der Waals surface area contributed by atoms with E-state index in [0.717, 1.165) is 16.7 Å². The Balaban J connectivity index is 2.80. The monoisotopic (exact) mass is 360 g/mol. The number of hydrogen-bond donors (Lipinski definition) is 3. The average molecular weight is 360 g/mol. The van der Waals surface area contributed by atoms with Crippen LogP contribution in [-0.2, 0) is 16.0 Å². The van der Waals surface area contributed by atoms with E-state index < -0.39 is 19.0 Å². The van der Waals surface area contributed by atoms with Crippen molar-refractivity contribution >= 4 is 18.9 Å². The molecular weight excluding hydrogens is 331 g/mol. The third kappa shape index (κ3) is 6.31. The molecule has 1 rings (SSSR count). The second-order valence-corrected chi connectivity index (χ2v) is 6.51. The van der Waals surface area contributed by atoms with Gasteiger partial charge in [0.25, 0.3) is 0 Å². The molecule has 7 heteroatoms. The van der Waals surface area contributed by atoms with E-state index >= 15 is 0 Å². The molecule has 0 aliphatic heterocycles. The van der Waals surface area contributed by atoms with E-state index in [1.54, 1.807) is 26.8 Å². The fraction of sp³-hybridized carbons (Fsp3) is 0.474. The Morgan fingerprint density at radius 1 is 1.31 bits per heavy atom. The third-order valence-corrected chi connectivity index (χ3v) is 4.42. The molecule has 3 N–H and O–H groups in total. The van der Waals surface area contributed by atoms with Crippen molar-refractivity contribution in [3.05, 3.63) is 46.5 Å². The summed E-state index contributed by atoms with van der Waals surface area (Å²) in [5.74, 6) is -1.48. The zero-order valence-electron chi connectivity index (χ0n) is 16.2. The molecular formula is C19H29BN2O4. The molecule has 2 amide bonds. The summed E-state index contributed by atoms with van der Waals surface area (Å²) in [5.41, 5.74) is 3.64. The summed E-state index contributed by atoms with van der Waals surface area (Å²) in [4.78, 5) is 26.0. The second kappa shape index (κ2) is 10.1. The van der Waals surface area contributed by atoms with Gasteiger partial charge < -0.3 is 20.3 Å². The first-order chi connectivity index (χ1) is 12.2. The standard InChI is InChI=1S/C19H29BN2O4/c1-6-14(4)19(24)22(7-2)12-18(23)21-17(20(25)26)11-16-9-8-13(3)10-15(16)5/h6,8-10,17,25-26H,7,11-12H2,1-5H3,(H,21,23)/b14-6-/t17-/m0/s1. The summed E-state index contributed by atoms with van der Waals surface area (Å²) in [6.45, 7) is 9.45. The number of allylic oxidation sites excluding steroid dienone is 1. The van der Waals surface area contributed by atoms with Crippen molar-refractivity contribution in [3.8, 4) is 0 Å². The van der Waals surface area contributed by atoms with Gasteiger partial charge in [0.15, 0.2) is 0 Å². The van der Waals surface area contributed by atoms with E-state index in [-0.39, 0.29) is 12.5 Å². The Kier molecular flexibility index (Phi) is 8.55. The zero-order valence-corrected chi connectivity index (χ0v) is 16.2. The van der Waals surface area contributed by atoms with Crippen LogP contribution in [0.3, 0.4) is 0 Å². The van der Waals surface area contributed by atoms with E-state index in [2.05, 4.69) is 5.32 Å². The molecule has 0 heterocycles. The fourth-order valence-electron chi connectivity index (χ4n) is 2.67. The van der Waals surface area contributed by atoms with Gasteiger partial charge in [-0.1, -0.05) is 29.8 Å². The van der Waals surface area contributed by atoms with Crippen molar-refractivity contribution in [1.82, 2.24) is 10.2 Å². The molecule has 1 aromatic rings. The van der Waals surface area contributed by atoms with Crippen LogP contribution in [0.5, 0.6) is 0 Å². The summed E-state index contributed by atoms with van der Waals surface area (Å²) in [5, 5.41) is 21.9. The largest absolute Gasteiger partial charge is 0.475 e. The van der Waals surface area contributed by atoms with E-state index in [1.165, 1.54) is 4.90 Å². The van der Waals surface area contributed by atoms with E-state index in [4.69, 9.17) is 0 Å². The van der Waals surface area contributed by atoms with E-state index in [9.17, 15) is 19.6 Å². The van der Waals surface area contributed by atoms with Gasteiger partial charge in [-0.05, 0) is 52.2 Å². The predicted octanol–water partition coefficient (Wildman–Crippen LogP) is 1.16. The predicted molar refractivity (Wildman–Crippen MR) is 103 cm³/mol. The highest BCUT2D eigenvalue weighted by Crippen LogP contribution is 2.13. The number of likely N-dealkylation sites (N-methyl/N-ethyl adjacent to an activating group) is 1. The number of nitrogens with zero attached hydrogens (tertiary/aromatic N) is 1. The van der Waals surface area contributed by atoms with Crippen LogP contribution in [-0.4, -0.2) is 52.9 Å². The van der Waals surface area contributed by atoms with Crippen LogP contribution >= 0.6 is 0 Å². The summed E-state index contributed by atoms with van der Waals surface area (Å²) in [6, 6.07) is 5.88. The number of carbonyl (C=O) groups is 2. The Labute approximate surface area is 156 Å². The molecule has 0 aliphatic rings. The van der Waals surface area contributed by atoms with Crippen molar-refractivity contribution in [2.45, 2.75) is 47.0 Å². The maximum Gasteiger partial charge on any atom is 0.475 e. The summed E-state index contributed by atoms with van der Waals surface area (Å²) in [7, 11) is -1.69. The molecule has 1 aromatic carbocycles. The Bertz CT molecular complexity index is 674. The molecule has 0 radical (unpaired) electrons. The molecule has 0 bridgehead atoms. The van der Waals surface area contributed by atoms with Gasteiger partial charge in [-0.2, -0.15) is 0 Å². The number of benzene rings is 1. The molecule has 0 aliphatic carbocycles. The van der Waals surface area contributed by atoms with Crippen molar-refractivity contribution in [2.75, 3.05) is 13.1 Å². The van der Waals surface area contributed by atoms with Crippen LogP contribution in [0.4, 0.5) is 0 Å². The fourth-order valence-corrected chi connectivity index (χ4v) is 2.67. The molecule has 6 nitrogen and oxygen atoms in total. The molecule has 0 fully saturated rings. The Hall–Kier alpha value is -2.12. The highest BCUT2D eigenvalue weighted by molar-refractivity contribution is 6.43. The van der Waals surface area contributed by atoms with Gasteiger partial charge in [0.05, 0.1) is 12.5 Å². The van der Waals surface area contributed by atoms with Gasteiger partial charge >= 0.3 is 7.12 Å². The van der Waals surface area contributed by atoms with Crippen molar-refractivity contribution in [2.24, 2.45) is 0 Å². The van der Waals surface area contributed by atoms with Crippen LogP contribution in [0.15, 0.2) is 29.8 Å². The van der Waals surface area contributed by atoms with Crippen molar-refractivity contribution in [1.29, 1.82) is 0 Å². The zero-order chi connectivity index (χ0) is 19.9. The lowest BCUT2D eigenvalue weighted by atomic mass is 9.75. The normalized spacial score (nSPS) is 12.5. The molecule has 0 spiro atoms. The smallest absolute Gasteiger partial charge is 0.426 e. The number of amides is 2. The van der Waals surface area contributed by atoms with Crippen molar-refractivity contribution in [3.63, 3.8) is 0 Å². The minimum absolute atomic E-state index is 0.128. The SMILES string of the molecule is C/C=C(/C)C(=O)N(CC)CC(=O)N[C@@H](Cc1ccc(C)cc1C)B(O)O. The van der Waals surface area contributed by atoms with Crippen LogP contribution < -0.4 is 5.32 Å². The summed E-state index contributed by atoms with van der Waals surface area (Å²) in [6.07, 6.45) is 1.99. The second-order valence-electron chi connectivity index (χ2n) is 6.51. The molecule has 0 unspecified atom stereocenters. The van der Waals surface area contributed by atoms with Crippen LogP contribution in [0.2, 0.25) is 0 Å². The van der Waals surface area contributed by atoms with Gasteiger partial charge in [0.1, 0.15) is 0 Å². The number of hydrogen-bond acceptors (Lipinski definition) is 4. The first-order valence-corrected chi connectivity index (χ1v) is 8.83. The lowest BCUT2D eigenvalue weighted by Crippen LogP contribution is -2.51. The number of rotatable bonds is 8. The number of nitrogens with one attached hydrogen (secondary N) is 1. The third-order valence-electron chi connectivity index (χ3n) is 4.42. The van der Waals surface area contributed by atoms with Crippen LogP contribution in [0.1, 0.15) is 37.5 Å². The van der Waals surface area contributed by atoms with E-state index in [1.807, 2.05) is 32.0 Å². The molecule has 0 saturated carbocycles. The summed E-state index contributed by atoms with van der Waals surface area (Å²) < 4.78 is 0. The minimum atomic E-state index is -1.69. The maximum atomic E-state index is 12.3. The minimum Gasteiger partial charge on any atom is -0.426 e. The highest BCUT2D eigenvalue weighted by Gasteiger charge is 2.27. The van der Waals surface area contributed by atoms with Crippen LogP contribution in [0, 0.1) is 13.8 Å². The van der Waals surface area contributed by atoms with Gasteiger partial charge in [-0.3, -0.25) is 9.59 Å². The Morgan fingerprint density at radius 3 is 2.46 bits per heavy atom. The van der Waals surface area contributed by atoms with Crippen LogP contribution in [0.25, 0.3) is 0 Å². The van der Waals surface area contributed by atoms with Crippen molar-refractivity contribution < 1.29 is 19.6 Å². The van der Waals surface area contributed by atoms with Gasteiger partial charge in [-0.15, -0.1) is 0 Å². The molecule has 0 saturated heterocycles. The number of aryl methyl sites for hydroxylation is 2. The molecule has 0 aromatic heterocycles. The average Bonchev–Trinajstić information content (AvgIpc) is 2.59. The topological polar surface area (TPSA) is 89.9 Å². The lowest BCUT2D eigenvalue weighted by molar-refractivity contribution is -0.133. The summed E-state index contributed by atoms with van der Waals surface area (Å²) >= 11 is 0. The quantitative estimate of drug-likeness (QED) is 0.479. The Morgan fingerprint density at radius 2 is 1.96 bits per heavy atom. The first kappa shape index (κ1) is 21.9. The van der Waals surface area contributed by atoms with Gasteiger partial charge in [0, 0.05) is 12.1 Å². The van der Waals surface area contributed by atoms with E-state index in [0.29, 0.717) is 18.5 Å². The molecule has 142 valence electrons. The van der Waals surface area contributed by atoms with Gasteiger partial charge in [-0.25, -0.2) is 0 Å². The highest BCUT2D eigenvalue weighted by atomic mass is 16.4. The van der Waals surface area contributed by atoms with Gasteiger partial charge in [0.2, 0.25) is 11.8 Å².